The highest BCUT2D eigenvalue weighted by molar-refractivity contribution is 5.94. The number of carbonyl (C=O) groups is 1. The Balaban J connectivity index is 1.85. The summed E-state index contributed by atoms with van der Waals surface area (Å²) in [6.45, 7) is 0. The van der Waals surface area contributed by atoms with Crippen LogP contribution in [0.25, 0.3) is 11.0 Å². The molecule has 3 aromatic rings. The predicted octanol–water partition coefficient (Wildman–Crippen LogP) is 1.83. The molecule has 1 unspecified atom stereocenters. The molecule has 3 heterocycles. The van der Waals surface area contributed by atoms with E-state index in [2.05, 4.69) is 25.5 Å². The lowest BCUT2D eigenvalue weighted by Gasteiger charge is -2.21. The summed E-state index contributed by atoms with van der Waals surface area (Å²) in [5.74, 6) is 0.512. The van der Waals surface area contributed by atoms with Crippen molar-refractivity contribution in [2.75, 3.05) is 5.32 Å². The monoisotopic (exact) mass is 265 g/mol. The van der Waals surface area contributed by atoms with E-state index in [0.717, 1.165) is 22.3 Å². The van der Waals surface area contributed by atoms with Gasteiger partial charge in [-0.15, -0.1) is 0 Å². The second-order valence-electron chi connectivity index (χ2n) is 4.79. The maximum Gasteiger partial charge on any atom is 0.226 e. The highest BCUT2D eigenvalue weighted by Gasteiger charge is 2.29. The van der Waals surface area contributed by atoms with Gasteiger partial charge in [-0.3, -0.25) is 14.9 Å². The molecule has 0 saturated carbocycles. The van der Waals surface area contributed by atoms with Crippen molar-refractivity contribution >= 4 is 22.8 Å². The van der Waals surface area contributed by atoms with E-state index >= 15 is 0 Å². The summed E-state index contributed by atoms with van der Waals surface area (Å²) < 4.78 is 0. The van der Waals surface area contributed by atoms with Crippen molar-refractivity contribution < 1.29 is 4.79 Å². The van der Waals surface area contributed by atoms with E-state index in [1.54, 1.807) is 12.4 Å². The second-order valence-corrected chi connectivity index (χ2v) is 4.79. The predicted molar refractivity (Wildman–Crippen MR) is 73.2 cm³/mol. The fraction of sp³-hybridized carbons (Fsp3) is 0.143. The minimum absolute atomic E-state index is 0.0401. The molecule has 0 aliphatic carbocycles. The molecular weight excluding hydrogens is 254 g/mol. The Morgan fingerprint density at radius 3 is 2.90 bits per heavy atom. The lowest BCUT2D eigenvalue weighted by Crippen LogP contribution is -2.23. The van der Waals surface area contributed by atoms with Crippen molar-refractivity contribution in [3.63, 3.8) is 0 Å². The first-order valence-electron chi connectivity index (χ1n) is 6.36. The Labute approximate surface area is 114 Å². The van der Waals surface area contributed by atoms with Gasteiger partial charge in [0.25, 0.3) is 0 Å². The largest absolute Gasteiger partial charge is 0.311 e. The first kappa shape index (κ1) is 11.1. The number of fused-ring (bicyclic) bond motifs is 2. The van der Waals surface area contributed by atoms with Gasteiger partial charge in [0.15, 0.2) is 0 Å². The molecule has 2 aromatic heterocycles. The van der Waals surface area contributed by atoms with Gasteiger partial charge < -0.3 is 5.32 Å². The quantitative estimate of drug-likeness (QED) is 0.703. The third kappa shape index (κ3) is 1.65. The Morgan fingerprint density at radius 2 is 2.00 bits per heavy atom. The number of amides is 1. The van der Waals surface area contributed by atoms with Crippen LogP contribution in [0, 0.1) is 0 Å². The summed E-state index contributed by atoms with van der Waals surface area (Å²) in [4.78, 5) is 20.8. The summed E-state index contributed by atoms with van der Waals surface area (Å²) in [5, 5.41) is 9.55. The van der Waals surface area contributed by atoms with Crippen molar-refractivity contribution in [1.82, 2.24) is 20.2 Å². The van der Waals surface area contributed by atoms with Gasteiger partial charge >= 0.3 is 0 Å². The summed E-state index contributed by atoms with van der Waals surface area (Å²) >= 11 is 0. The van der Waals surface area contributed by atoms with E-state index in [1.807, 2.05) is 24.3 Å². The van der Waals surface area contributed by atoms with Crippen LogP contribution in [-0.4, -0.2) is 26.1 Å². The highest BCUT2D eigenvalue weighted by Crippen LogP contribution is 2.34. The van der Waals surface area contributed by atoms with Crippen molar-refractivity contribution in [2.24, 2.45) is 0 Å². The average Bonchev–Trinajstić information content (AvgIpc) is 2.94. The van der Waals surface area contributed by atoms with Gasteiger partial charge in [-0.25, -0.2) is 4.98 Å². The number of aromatic amines is 1. The molecular formula is C14H11N5O. The Hall–Kier alpha value is -2.76. The van der Waals surface area contributed by atoms with Crippen LogP contribution in [0.1, 0.15) is 23.6 Å². The molecule has 1 aliphatic heterocycles. The zero-order chi connectivity index (χ0) is 13.5. The normalized spacial score (nSPS) is 17.8. The number of benzene rings is 1. The molecule has 1 amide bonds. The minimum Gasteiger partial charge on any atom is -0.311 e. The van der Waals surface area contributed by atoms with Crippen LogP contribution in [0.4, 0.5) is 5.82 Å². The van der Waals surface area contributed by atoms with Gasteiger partial charge in [0.2, 0.25) is 5.91 Å². The number of H-pyrrole nitrogens is 1. The molecule has 0 saturated heterocycles. The molecule has 98 valence electrons. The van der Waals surface area contributed by atoms with Crippen molar-refractivity contribution in [2.45, 2.75) is 12.3 Å². The van der Waals surface area contributed by atoms with Crippen LogP contribution < -0.4 is 5.32 Å². The van der Waals surface area contributed by atoms with E-state index in [4.69, 9.17) is 0 Å². The molecule has 0 spiro atoms. The molecule has 6 heteroatoms. The SMILES string of the molecule is O=C1CC(c2cnc3ccccc3n2)c2cn[nH]c2N1. The average molecular weight is 265 g/mol. The number of nitrogens with zero attached hydrogens (tertiary/aromatic N) is 3. The topological polar surface area (TPSA) is 83.6 Å². The molecule has 2 N–H and O–H groups in total. The van der Waals surface area contributed by atoms with Crippen molar-refractivity contribution in [1.29, 1.82) is 0 Å². The Kier molecular flexibility index (Phi) is 2.29. The van der Waals surface area contributed by atoms with Gasteiger partial charge in [0.1, 0.15) is 5.82 Å². The molecule has 0 bridgehead atoms. The molecule has 20 heavy (non-hydrogen) atoms. The molecule has 1 aliphatic rings. The number of hydrogen-bond donors (Lipinski definition) is 2. The zero-order valence-electron chi connectivity index (χ0n) is 10.5. The second kappa shape index (κ2) is 4.12. The molecule has 4 rings (SSSR count). The first-order valence-corrected chi connectivity index (χ1v) is 6.36. The van der Waals surface area contributed by atoms with Gasteiger partial charge in [-0.05, 0) is 12.1 Å². The van der Waals surface area contributed by atoms with Gasteiger partial charge in [-0.1, -0.05) is 12.1 Å². The minimum atomic E-state index is -0.102. The van der Waals surface area contributed by atoms with Crippen molar-refractivity contribution in [3.8, 4) is 0 Å². The number of rotatable bonds is 1. The van der Waals surface area contributed by atoms with Gasteiger partial charge in [-0.2, -0.15) is 5.10 Å². The van der Waals surface area contributed by atoms with Crippen LogP contribution in [0.5, 0.6) is 0 Å². The van der Waals surface area contributed by atoms with E-state index < -0.39 is 0 Å². The number of aromatic nitrogens is 4. The van der Waals surface area contributed by atoms with E-state index in [0.29, 0.717) is 12.2 Å². The zero-order valence-corrected chi connectivity index (χ0v) is 10.5. The summed E-state index contributed by atoms with van der Waals surface area (Å²) in [6, 6.07) is 7.70. The summed E-state index contributed by atoms with van der Waals surface area (Å²) in [7, 11) is 0. The number of para-hydroxylation sites is 2. The number of anilines is 1. The number of carbonyl (C=O) groups excluding carboxylic acids is 1. The Morgan fingerprint density at radius 1 is 1.15 bits per heavy atom. The highest BCUT2D eigenvalue weighted by atomic mass is 16.1. The third-order valence-electron chi connectivity index (χ3n) is 3.52. The molecule has 0 radical (unpaired) electrons. The van der Waals surface area contributed by atoms with Crippen molar-refractivity contribution in [3.05, 3.63) is 47.9 Å². The van der Waals surface area contributed by atoms with Crippen LogP contribution in [-0.2, 0) is 4.79 Å². The van der Waals surface area contributed by atoms with Crippen LogP contribution >= 0.6 is 0 Å². The number of hydrogen-bond acceptors (Lipinski definition) is 4. The Bertz CT molecular complexity index is 810. The van der Waals surface area contributed by atoms with Crippen LogP contribution in [0.3, 0.4) is 0 Å². The molecule has 1 atom stereocenters. The van der Waals surface area contributed by atoms with Crippen LogP contribution in [0.15, 0.2) is 36.7 Å². The van der Waals surface area contributed by atoms with E-state index in [-0.39, 0.29) is 11.8 Å². The maximum absolute atomic E-state index is 11.8. The lowest BCUT2D eigenvalue weighted by atomic mass is 9.91. The first-order chi connectivity index (χ1) is 9.81. The third-order valence-corrected chi connectivity index (χ3v) is 3.52. The van der Waals surface area contributed by atoms with E-state index in [1.165, 1.54) is 0 Å². The van der Waals surface area contributed by atoms with Gasteiger partial charge in [0.05, 0.1) is 22.9 Å². The smallest absolute Gasteiger partial charge is 0.226 e. The van der Waals surface area contributed by atoms with Crippen LogP contribution in [0.2, 0.25) is 0 Å². The molecule has 0 fully saturated rings. The maximum atomic E-state index is 11.8. The summed E-state index contributed by atoms with van der Waals surface area (Å²) in [5.41, 5.74) is 3.43. The number of nitrogens with one attached hydrogen (secondary N) is 2. The van der Waals surface area contributed by atoms with E-state index in [9.17, 15) is 4.79 Å². The lowest BCUT2D eigenvalue weighted by molar-refractivity contribution is -0.116. The molecule has 1 aromatic carbocycles. The summed E-state index contributed by atoms with van der Waals surface area (Å²) in [6.07, 6.45) is 3.83. The standard InChI is InChI=1S/C14H11N5O/c20-13-5-8(9-6-16-19-14(9)18-13)12-7-15-10-3-1-2-4-11(10)17-12/h1-4,6-8H,5H2,(H2,16,18,19,20). The fourth-order valence-corrected chi connectivity index (χ4v) is 2.55. The molecule has 6 nitrogen and oxygen atoms in total. The fourth-order valence-electron chi connectivity index (χ4n) is 2.55. The van der Waals surface area contributed by atoms with Gasteiger partial charge in [0, 0.05) is 24.1 Å².